The van der Waals surface area contributed by atoms with Crippen LogP contribution in [0.4, 0.5) is 13.2 Å². The van der Waals surface area contributed by atoms with E-state index < -0.39 is 11.9 Å². The molecule has 1 aromatic rings. The molecule has 2 rings (SSSR count). The number of hydrogen-bond donors (Lipinski definition) is 2. The average molecular weight is 273 g/mol. The van der Waals surface area contributed by atoms with E-state index in [1.807, 2.05) is 0 Å². The second-order valence-electron chi connectivity index (χ2n) is 4.56. The van der Waals surface area contributed by atoms with Crippen molar-refractivity contribution in [2.24, 2.45) is 5.92 Å². The smallest absolute Gasteiger partial charge is 0.352 e. The molecule has 2 heterocycles. The summed E-state index contributed by atoms with van der Waals surface area (Å²) in [6.45, 7) is 3.62. The van der Waals surface area contributed by atoms with Crippen LogP contribution in [0.2, 0.25) is 0 Å². The van der Waals surface area contributed by atoms with Gasteiger partial charge < -0.3 is 10.6 Å². The molecule has 1 saturated heterocycles. The number of carbonyl (C=O) groups is 1. The van der Waals surface area contributed by atoms with Gasteiger partial charge in [-0.3, -0.25) is 4.79 Å². The molecule has 1 aliphatic rings. The highest BCUT2D eigenvalue weighted by Gasteiger charge is 2.33. The van der Waals surface area contributed by atoms with Crippen LogP contribution < -0.4 is 10.6 Å². The van der Waals surface area contributed by atoms with Crippen molar-refractivity contribution in [1.29, 1.82) is 0 Å². The van der Waals surface area contributed by atoms with Crippen molar-refractivity contribution in [1.82, 2.24) is 15.6 Å². The number of aryl methyl sites for hydroxylation is 1. The Bertz CT molecular complexity index is 484. The van der Waals surface area contributed by atoms with Gasteiger partial charge in [-0.25, -0.2) is 4.98 Å². The average Bonchev–Trinajstić information content (AvgIpc) is 2.25. The van der Waals surface area contributed by atoms with E-state index in [0.29, 0.717) is 12.5 Å². The number of amides is 1. The normalized spacial score (nSPS) is 16.0. The molecule has 7 heteroatoms. The quantitative estimate of drug-likeness (QED) is 0.874. The van der Waals surface area contributed by atoms with Crippen molar-refractivity contribution in [3.63, 3.8) is 0 Å². The predicted molar refractivity (Wildman–Crippen MR) is 62.7 cm³/mol. The monoisotopic (exact) mass is 273 g/mol. The Morgan fingerprint density at radius 3 is 2.63 bits per heavy atom. The summed E-state index contributed by atoms with van der Waals surface area (Å²) in [4.78, 5) is 15.2. The zero-order chi connectivity index (χ0) is 14.0. The van der Waals surface area contributed by atoms with Crippen LogP contribution in [0.25, 0.3) is 0 Å². The molecule has 0 unspecified atom stereocenters. The van der Waals surface area contributed by atoms with E-state index in [1.54, 1.807) is 0 Å². The van der Waals surface area contributed by atoms with E-state index in [9.17, 15) is 18.0 Å². The summed E-state index contributed by atoms with van der Waals surface area (Å²) in [6.07, 6.45) is -4.49. The van der Waals surface area contributed by atoms with Gasteiger partial charge >= 0.3 is 6.18 Å². The topological polar surface area (TPSA) is 54.0 Å². The van der Waals surface area contributed by atoms with Crippen LogP contribution in [0.1, 0.15) is 21.7 Å². The van der Waals surface area contributed by atoms with Crippen molar-refractivity contribution in [3.8, 4) is 0 Å². The molecule has 0 aliphatic carbocycles. The molecule has 104 valence electrons. The lowest BCUT2D eigenvalue weighted by Gasteiger charge is -2.27. The van der Waals surface area contributed by atoms with Crippen LogP contribution in [-0.4, -0.2) is 30.5 Å². The summed E-state index contributed by atoms with van der Waals surface area (Å²) < 4.78 is 37.3. The highest BCUT2D eigenvalue weighted by molar-refractivity contribution is 5.95. The maximum Gasteiger partial charge on any atom is 0.433 e. The standard InChI is InChI=1S/C12H14F3N3O/c1-7-9(2-3-10(18-7)12(13,14)15)11(19)17-6-8-4-16-5-8/h2-3,8,16H,4-6H2,1H3,(H,17,19). The van der Waals surface area contributed by atoms with Gasteiger partial charge in [-0.1, -0.05) is 0 Å². The number of pyridine rings is 1. The molecule has 0 radical (unpaired) electrons. The van der Waals surface area contributed by atoms with Crippen molar-refractivity contribution in [3.05, 3.63) is 29.1 Å². The van der Waals surface area contributed by atoms with Gasteiger partial charge in [0.05, 0.1) is 11.3 Å². The minimum absolute atomic E-state index is 0.0825. The molecule has 0 spiro atoms. The molecule has 0 bridgehead atoms. The first-order valence-corrected chi connectivity index (χ1v) is 5.91. The molecule has 1 amide bonds. The molecule has 1 fully saturated rings. The fraction of sp³-hybridized carbons (Fsp3) is 0.500. The minimum Gasteiger partial charge on any atom is -0.352 e. The minimum atomic E-state index is -4.49. The summed E-state index contributed by atoms with van der Waals surface area (Å²) in [5, 5.41) is 5.77. The third-order valence-corrected chi connectivity index (χ3v) is 3.04. The highest BCUT2D eigenvalue weighted by Crippen LogP contribution is 2.28. The number of nitrogens with one attached hydrogen (secondary N) is 2. The van der Waals surface area contributed by atoms with E-state index in [1.165, 1.54) is 13.0 Å². The maximum absolute atomic E-state index is 12.4. The molecular formula is C12H14F3N3O. The SMILES string of the molecule is Cc1nc(C(F)(F)F)ccc1C(=O)NCC1CNC1. The van der Waals surface area contributed by atoms with Gasteiger partial charge in [0.2, 0.25) is 0 Å². The van der Waals surface area contributed by atoms with Crippen LogP contribution in [0.5, 0.6) is 0 Å². The van der Waals surface area contributed by atoms with Crippen LogP contribution in [0.3, 0.4) is 0 Å². The Hall–Kier alpha value is -1.63. The number of rotatable bonds is 3. The van der Waals surface area contributed by atoms with Crippen LogP contribution >= 0.6 is 0 Å². The zero-order valence-corrected chi connectivity index (χ0v) is 10.3. The lowest BCUT2D eigenvalue weighted by molar-refractivity contribution is -0.141. The Kier molecular flexibility index (Phi) is 3.75. The van der Waals surface area contributed by atoms with Crippen molar-refractivity contribution < 1.29 is 18.0 Å². The zero-order valence-electron chi connectivity index (χ0n) is 10.3. The third kappa shape index (κ3) is 3.23. The molecule has 2 N–H and O–H groups in total. The third-order valence-electron chi connectivity index (χ3n) is 3.04. The fourth-order valence-electron chi connectivity index (χ4n) is 1.78. The lowest BCUT2D eigenvalue weighted by atomic mass is 10.0. The van der Waals surface area contributed by atoms with Gasteiger partial charge in [-0.15, -0.1) is 0 Å². The van der Waals surface area contributed by atoms with E-state index in [2.05, 4.69) is 15.6 Å². The number of aromatic nitrogens is 1. The summed E-state index contributed by atoms with van der Waals surface area (Å²) in [7, 11) is 0. The highest BCUT2D eigenvalue weighted by atomic mass is 19.4. The molecule has 1 aromatic heterocycles. The first-order valence-electron chi connectivity index (χ1n) is 5.91. The largest absolute Gasteiger partial charge is 0.433 e. The van der Waals surface area contributed by atoms with E-state index in [0.717, 1.165) is 19.2 Å². The van der Waals surface area contributed by atoms with Crippen molar-refractivity contribution >= 4 is 5.91 Å². The molecular weight excluding hydrogens is 259 g/mol. The summed E-state index contributed by atoms with van der Waals surface area (Å²) >= 11 is 0. The van der Waals surface area contributed by atoms with Crippen molar-refractivity contribution in [2.45, 2.75) is 13.1 Å². The van der Waals surface area contributed by atoms with Gasteiger partial charge in [0.25, 0.3) is 5.91 Å². The molecule has 1 aliphatic heterocycles. The molecule has 4 nitrogen and oxygen atoms in total. The predicted octanol–water partition coefficient (Wildman–Crippen LogP) is 1.36. The van der Waals surface area contributed by atoms with Crippen molar-refractivity contribution in [2.75, 3.05) is 19.6 Å². The molecule has 19 heavy (non-hydrogen) atoms. The first-order chi connectivity index (χ1) is 8.88. The first kappa shape index (κ1) is 13.8. The maximum atomic E-state index is 12.4. The Morgan fingerprint density at radius 2 is 2.16 bits per heavy atom. The van der Waals surface area contributed by atoms with E-state index in [-0.39, 0.29) is 17.2 Å². The summed E-state index contributed by atoms with van der Waals surface area (Å²) in [5.74, 6) is 0.0114. The molecule has 0 aromatic carbocycles. The van der Waals surface area contributed by atoms with Gasteiger partial charge in [-0.2, -0.15) is 13.2 Å². The van der Waals surface area contributed by atoms with Gasteiger partial charge in [0.1, 0.15) is 5.69 Å². The molecule has 0 atom stereocenters. The second-order valence-corrected chi connectivity index (χ2v) is 4.56. The second kappa shape index (κ2) is 5.16. The Morgan fingerprint density at radius 1 is 1.47 bits per heavy atom. The fourth-order valence-corrected chi connectivity index (χ4v) is 1.78. The summed E-state index contributed by atoms with van der Waals surface area (Å²) in [5.41, 5.74) is -0.718. The molecule has 0 saturated carbocycles. The van der Waals surface area contributed by atoms with E-state index >= 15 is 0 Å². The summed E-state index contributed by atoms with van der Waals surface area (Å²) in [6, 6.07) is 1.99. The number of nitrogens with zero attached hydrogens (tertiary/aromatic N) is 1. The van der Waals surface area contributed by atoms with Gasteiger partial charge in [-0.05, 0) is 19.1 Å². The number of hydrogen-bond acceptors (Lipinski definition) is 3. The number of halogens is 3. The van der Waals surface area contributed by atoms with Crippen LogP contribution in [0.15, 0.2) is 12.1 Å². The lowest BCUT2D eigenvalue weighted by Crippen LogP contribution is -2.48. The number of alkyl halides is 3. The van der Waals surface area contributed by atoms with Crippen LogP contribution in [0, 0.1) is 12.8 Å². The Labute approximate surface area is 108 Å². The van der Waals surface area contributed by atoms with Gasteiger partial charge in [0.15, 0.2) is 0 Å². The van der Waals surface area contributed by atoms with E-state index in [4.69, 9.17) is 0 Å². The van der Waals surface area contributed by atoms with Gasteiger partial charge in [0, 0.05) is 25.6 Å². The van der Waals surface area contributed by atoms with Crippen LogP contribution in [-0.2, 0) is 6.18 Å². The number of carbonyl (C=O) groups excluding carboxylic acids is 1. The Balaban J connectivity index is 2.05.